The Balaban J connectivity index is 2.18. The van der Waals surface area contributed by atoms with Gasteiger partial charge in [0.2, 0.25) is 0 Å². The molecule has 1 rings (SSSR count). The molecule has 2 heteroatoms. The SMILES string of the molecule is CCCCCCCCC[NH+](CC)C1(F)C=CC=CC1. The molecule has 0 saturated heterocycles. The highest BCUT2D eigenvalue weighted by Crippen LogP contribution is 2.15. The Morgan fingerprint density at radius 3 is 2.26 bits per heavy atom. The van der Waals surface area contributed by atoms with E-state index in [2.05, 4.69) is 13.8 Å². The van der Waals surface area contributed by atoms with Gasteiger partial charge in [0.05, 0.1) is 19.5 Å². The van der Waals surface area contributed by atoms with Crippen LogP contribution < -0.4 is 4.90 Å². The van der Waals surface area contributed by atoms with Crippen LogP contribution >= 0.6 is 0 Å². The summed E-state index contributed by atoms with van der Waals surface area (Å²) in [6.45, 7) is 6.16. The van der Waals surface area contributed by atoms with Gasteiger partial charge in [-0.2, -0.15) is 4.39 Å². The van der Waals surface area contributed by atoms with Gasteiger partial charge >= 0.3 is 0 Å². The average molecular weight is 268 g/mol. The molecule has 0 saturated carbocycles. The van der Waals surface area contributed by atoms with Crippen LogP contribution in [0, 0.1) is 0 Å². The number of likely N-dealkylation sites (N-methyl/N-ethyl adjacent to an activating group) is 1. The van der Waals surface area contributed by atoms with E-state index in [0.717, 1.165) is 24.4 Å². The molecule has 0 heterocycles. The summed E-state index contributed by atoms with van der Waals surface area (Å²) < 4.78 is 14.7. The Morgan fingerprint density at radius 2 is 1.68 bits per heavy atom. The van der Waals surface area contributed by atoms with E-state index in [9.17, 15) is 4.39 Å². The molecule has 0 bridgehead atoms. The molecule has 0 amide bonds. The Hall–Kier alpha value is -0.630. The first-order valence-electron chi connectivity index (χ1n) is 8.11. The molecule has 0 aromatic heterocycles. The predicted octanol–water partition coefficient (Wildman–Crippen LogP) is 3.82. The minimum absolute atomic E-state index is 0.531. The highest BCUT2D eigenvalue weighted by atomic mass is 19.1. The monoisotopic (exact) mass is 268 g/mol. The molecule has 0 spiro atoms. The molecule has 0 aromatic rings. The van der Waals surface area contributed by atoms with E-state index in [1.54, 1.807) is 6.08 Å². The molecule has 1 nitrogen and oxygen atoms in total. The minimum atomic E-state index is -1.16. The number of alkyl halides is 1. The Labute approximate surface area is 118 Å². The quantitative estimate of drug-likeness (QED) is 0.454. The number of unbranched alkanes of at least 4 members (excludes halogenated alkanes) is 6. The third-order valence-electron chi connectivity index (χ3n) is 4.12. The molecule has 1 aliphatic carbocycles. The van der Waals surface area contributed by atoms with Crippen LogP contribution in [0.4, 0.5) is 4.39 Å². The second-order valence-corrected chi connectivity index (χ2v) is 5.68. The second kappa shape index (κ2) is 9.30. The summed E-state index contributed by atoms with van der Waals surface area (Å²) in [7, 11) is 0. The van der Waals surface area contributed by atoms with Crippen LogP contribution in [0.3, 0.4) is 0 Å². The van der Waals surface area contributed by atoms with Crippen LogP contribution in [-0.2, 0) is 0 Å². The van der Waals surface area contributed by atoms with Gasteiger partial charge in [-0.05, 0) is 19.8 Å². The van der Waals surface area contributed by atoms with E-state index < -0.39 is 5.79 Å². The molecule has 0 aliphatic heterocycles. The van der Waals surface area contributed by atoms with Gasteiger partial charge in [0.1, 0.15) is 0 Å². The fourth-order valence-corrected chi connectivity index (χ4v) is 2.83. The highest BCUT2D eigenvalue weighted by molar-refractivity contribution is 5.14. The Bertz CT molecular complexity index is 285. The second-order valence-electron chi connectivity index (χ2n) is 5.68. The van der Waals surface area contributed by atoms with Crippen LogP contribution in [0.25, 0.3) is 0 Å². The van der Waals surface area contributed by atoms with Crippen LogP contribution in [0.2, 0.25) is 0 Å². The van der Waals surface area contributed by atoms with Crippen molar-refractivity contribution in [3.8, 4) is 0 Å². The molecular weight excluding hydrogens is 237 g/mol. The third kappa shape index (κ3) is 5.90. The number of quaternary nitrogens is 1. The van der Waals surface area contributed by atoms with Gasteiger partial charge in [-0.25, -0.2) is 0 Å². The standard InChI is InChI=1S/C17H30FN/c1-3-5-6-7-8-9-13-16-19(4-2)17(18)14-11-10-12-15-17/h10-12,14H,3-9,13,15-16H2,1-2H3/p+1. The first-order valence-corrected chi connectivity index (χ1v) is 8.11. The number of halogens is 1. The van der Waals surface area contributed by atoms with Crippen molar-refractivity contribution in [3.63, 3.8) is 0 Å². The van der Waals surface area contributed by atoms with Gasteiger partial charge < -0.3 is 0 Å². The lowest BCUT2D eigenvalue weighted by Gasteiger charge is -2.31. The molecule has 110 valence electrons. The zero-order chi connectivity index (χ0) is 14.0. The summed E-state index contributed by atoms with van der Waals surface area (Å²) in [5.41, 5.74) is 0. The lowest BCUT2D eigenvalue weighted by molar-refractivity contribution is -0.960. The van der Waals surface area contributed by atoms with Crippen LogP contribution in [-0.4, -0.2) is 18.9 Å². The Morgan fingerprint density at radius 1 is 1.00 bits per heavy atom. The average Bonchev–Trinajstić information content (AvgIpc) is 2.42. The van der Waals surface area contributed by atoms with E-state index in [4.69, 9.17) is 0 Å². The van der Waals surface area contributed by atoms with Crippen molar-refractivity contribution in [2.24, 2.45) is 0 Å². The van der Waals surface area contributed by atoms with Gasteiger partial charge in [0, 0.05) is 6.08 Å². The van der Waals surface area contributed by atoms with Crippen molar-refractivity contribution in [1.29, 1.82) is 0 Å². The van der Waals surface area contributed by atoms with E-state index in [0.29, 0.717) is 6.42 Å². The summed E-state index contributed by atoms with van der Waals surface area (Å²) in [6.07, 6.45) is 17.1. The molecule has 0 fully saturated rings. The number of hydrogen-bond acceptors (Lipinski definition) is 0. The van der Waals surface area contributed by atoms with Crippen LogP contribution in [0.5, 0.6) is 0 Å². The lowest BCUT2D eigenvalue weighted by atomic mass is 10.0. The van der Waals surface area contributed by atoms with Gasteiger partial charge in [0.25, 0.3) is 5.79 Å². The Kier molecular flexibility index (Phi) is 8.04. The molecule has 1 N–H and O–H groups in total. The fraction of sp³-hybridized carbons (Fsp3) is 0.765. The van der Waals surface area contributed by atoms with Crippen molar-refractivity contribution < 1.29 is 9.29 Å². The maximum atomic E-state index is 14.7. The van der Waals surface area contributed by atoms with E-state index in [1.807, 2.05) is 18.2 Å². The highest BCUT2D eigenvalue weighted by Gasteiger charge is 2.36. The molecular formula is C17H31FN+. The number of hydrogen-bond donors (Lipinski definition) is 1. The van der Waals surface area contributed by atoms with Crippen molar-refractivity contribution in [3.05, 3.63) is 24.3 Å². The maximum absolute atomic E-state index is 14.7. The topological polar surface area (TPSA) is 4.44 Å². The van der Waals surface area contributed by atoms with Gasteiger partial charge in [0.15, 0.2) is 0 Å². The fourth-order valence-electron chi connectivity index (χ4n) is 2.83. The first kappa shape index (κ1) is 16.4. The molecule has 0 aromatic carbocycles. The van der Waals surface area contributed by atoms with Crippen molar-refractivity contribution >= 4 is 0 Å². The summed E-state index contributed by atoms with van der Waals surface area (Å²) in [5.74, 6) is -1.16. The molecule has 2 atom stereocenters. The van der Waals surface area contributed by atoms with Crippen molar-refractivity contribution in [1.82, 2.24) is 0 Å². The number of nitrogens with one attached hydrogen (secondary N) is 1. The molecule has 19 heavy (non-hydrogen) atoms. The number of rotatable bonds is 10. The predicted molar refractivity (Wildman–Crippen MR) is 81.1 cm³/mol. The molecule has 1 aliphatic rings. The molecule has 0 radical (unpaired) electrons. The smallest absolute Gasteiger partial charge is 0.263 e. The van der Waals surface area contributed by atoms with Gasteiger partial charge in [-0.1, -0.05) is 57.3 Å². The summed E-state index contributed by atoms with van der Waals surface area (Å²) >= 11 is 0. The van der Waals surface area contributed by atoms with Gasteiger partial charge in [-0.3, -0.25) is 4.90 Å². The van der Waals surface area contributed by atoms with E-state index in [-0.39, 0.29) is 0 Å². The largest absolute Gasteiger partial charge is 0.300 e. The van der Waals surface area contributed by atoms with Crippen molar-refractivity contribution in [2.45, 2.75) is 71.0 Å². The molecule has 2 unspecified atom stereocenters. The minimum Gasteiger partial charge on any atom is -0.300 e. The van der Waals surface area contributed by atoms with Gasteiger partial charge in [-0.15, -0.1) is 0 Å². The summed E-state index contributed by atoms with van der Waals surface area (Å²) in [5, 5.41) is 0. The summed E-state index contributed by atoms with van der Waals surface area (Å²) in [6, 6.07) is 0. The zero-order valence-electron chi connectivity index (χ0n) is 12.8. The summed E-state index contributed by atoms with van der Waals surface area (Å²) in [4.78, 5) is 1.08. The van der Waals surface area contributed by atoms with E-state index >= 15 is 0 Å². The maximum Gasteiger partial charge on any atom is 0.263 e. The third-order valence-corrected chi connectivity index (χ3v) is 4.12. The van der Waals surface area contributed by atoms with Crippen molar-refractivity contribution in [2.75, 3.05) is 13.1 Å². The number of allylic oxidation sites excluding steroid dienone is 2. The zero-order valence-corrected chi connectivity index (χ0v) is 12.8. The van der Waals surface area contributed by atoms with E-state index in [1.165, 1.54) is 38.5 Å². The van der Waals surface area contributed by atoms with Crippen LogP contribution in [0.1, 0.15) is 65.2 Å². The first-order chi connectivity index (χ1) is 9.23. The normalized spacial score (nSPS) is 23.7. The van der Waals surface area contributed by atoms with Crippen LogP contribution in [0.15, 0.2) is 24.3 Å². The lowest BCUT2D eigenvalue weighted by Crippen LogP contribution is -3.19.